The summed E-state index contributed by atoms with van der Waals surface area (Å²) in [5.41, 5.74) is 0.848. The lowest BCUT2D eigenvalue weighted by molar-refractivity contribution is -0.0831. The van der Waals surface area contributed by atoms with Crippen molar-refractivity contribution >= 4 is 0 Å². The van der Waals surface area contributed by atoms with Crippen molar-refractivity contribution in [1.82, 2.24) is 5.01 Å². The highest BCUT2D eigenvalue weighted by atomic mass is 16.6. The molecule has 5 heteroatoms. The van der Waals surface area contributed by atoms with Crippen LogP contribution in [0.3, 0.4) is 0 Å². The summed E-state index contributed by atoms with van der Waals surface area (Å²) in [6.07, 6.45) is 3.09. The van der Waals surface area contributed by atoms with Gasteiger partial charge in [-0.2, -0.15) is 0 Å². The first kappa shape index (κ1) is 13.5. The van der Waals surface area contributed by atoms with E-state index in [9.17, 15) is 0 Å². The summed E-state index contributed by atoms with van der Waals surface area (Å²) in [7, 11) is 0. The second-order valence-electron chi connectivity index (χ2n) is 5.68. The van der Waals surface area contributed by atoms with Crippen molar-refractivity contribution < 1.29 is 9.47 Å². The van der Waals surface area contributed by atoms with E-state index in [0.717, 1.165) is 25.3 Å². The van der Waals surface area contributed by atoms with Gasteiger partial charge in [0, 0.05) is 6.61 Å². The van der Waals surface area contributed by atoms with E-state index in [1.54, 1.807) is 0 Å². The highest BCUT2D eigenvalue weighted by molar-refractivity contribution is 5.03. The van der Waals surface area contributed by atoms with Crippen LogP contribution >= 0.6 is 0 Å². The molecule has 0 spiro atoms. The van der Waals surface area contributed by atoms with Gasteiger partial charge in [0.25, 0.3) is 0 Å². The molecular weight excluding hydrogens is 230 g/mol. The fourth-order valence-electron chi connectivity index (χ4n) is 2.26. The summed E-state index contributed by atoms with van der Waals surface area (Å²) in [6.45, 7) is 10.4. The normalized spacial score (nSPS) is 32.0. The third-order valence-electron chi connectivity index (χ3n) is 3.30. The number of hydrogen-bond donors (Lipinski definition) is 0. The first-order valence-electron chi connectivity index (χ1n) is 6.58. The first-order chi connectivity index (χ1) is 8.46. The highest BCUT2D eigenvalue weighted by Crippen LogP contribution is 2.22. The number of allylic oxidation sites excluding steroid dienone is 1. The van der Waals surface area contributed by atoms with Gasteiger partial charge in [-0.25, -0.2) is 0 Å². The highest BCUT2D eigenvalue weighted by Gasteiger charge is 2.29. The summed E-state index contributed by atoms with van der Waals surface area (Å²) in [5, 5.41) is 10.3. The van der Waals surface area contributed by atoms with Gasteiger partial charge in [-0.15, -0.1) is 5.11 Å². The molecule has 2 atom stereocenters. The van der Waals surface area contributed by atoms with Gasteiger partial charge in [0.15, 0.2) is 0 Å². The Kier molecular flexibility index (Phi) is 4.02. The number of nitrogens with zero attached hydrogens (tertiary/aromatic N) is 3. The van der Waals surface area contributed by atoms with Crippen molar-refractivity contribution in [2.75, 3.05) is 19.8 Å². The maximum atomic E-state index is 6.09. The number of hydrogen-bond acceptors (Lipinski definition) is 5. The van der Waals surface area contributed by atoms with Crippen LogP contribution < -0.4 is 0 Å². The second-order valence-corrected chi connectivity index (χ2v) is 5.68. The van der Waals surface area contributed by atoms with Gasteiger partial charge in [0.2, 0.25) is 0 Å². The van der Waals surface area contributed by atoms with E-state index in [-0.39, 0.29) is 17.7 Å². The van der Waals surface area contributed by atoms with E-state index in [0.29, 0.717) is 6.61 Å². The molecule has 5 nitrogen and oxygen atoms in total. The van der Waals surface area contributed by atoms with Crippen LogP contribution in [0.2, 0.25) is 0 Å². The molecule has 102 valence electrons. The molecule has 2 aliphatic rings. The zero-order valence-corrected chi connectivity index (χ0v) is 11.7. The lowest BCUT2D eigenvalue weighted by Crippen LogP contribution is -2.41. The van der Waals surface area contributed by atoms with Crippen molar-refractivity contribution in [3.8, 4) is 0 Å². The molecule has 0 saturated carbocycles. The SMILES string of the molecule is CC1=CC(C)N(C[C@@H]2COCCC(C)(C)O2)N=N1. The first-order valence-corrected chi connectivity index (χ1v) is 6.58. The zero-order chi connectivity index (χ0) is 13.2. The van der Waals surface area contributed by atoms with Crippen LogP contribution in [0, 0.1) is 0 Å². The Hall–Kier alpha value is -0.940. The van der Waals surface area contributed by atoms with E-state index in [4.69, 9.17) is 9.47 Å². The maximum Gasteiger partial charge on any atom is 0.101 e. The molecule has 0 aromatic carbocycles. The lowest BCUT2D eigenvalue weighted by Gasteiger charge is -2.32. The van der Waals surface area contributed by atoms with E-state index in [1.807, 2.05) is 11.9 Å². The standard InChI is InChI=1S/C13H23N3O2/c1-10-7-11(2)16(15-14-10)8-12-9-17-6-5-13(3,4)18-12/h7,11-12H,5-6,8-9H2,1-4H3/t11?,12-/m1/s1. The summed E-state index contributed by atoms with van der Waals surface area (Å²) in [4.78, 5) is 0. The molecule has 1 saturated heterocycles. The average Bonchev–Trinajstić information content (AvgIpc) is 2.43. The fourth-order valence-corrected chi connectivity index (χ4v) is 2.26. The molecule has 0 bridgehead atoms. The molecule has 0 aromatic heterocycles. The largest absolute Gasteiger partial charge is 0.379 e. The predicted octanol–water partition coefficient (Wildman–Crippen LogP) is 2.55. The molecule has 2 heterocycles. The average molecular weight is 253 g/mol. The van der Waals surface area contributed by atoms with Crippen molar-refractivity contribution in [3.05, 3.63) is 11.8 Å². The molecule has 0 N–H and O–H groups in total. The molecule has 1 unspecified atom stereocenters. The second kappa shape index (κ2) is 5.36. The molecule has 0 amide bonds. The van der Waals surface area contributed by atoms with Crippen LogP contribution in [-0.2, 0) is 9.47 Å². The Labute approximate surface area is 109 Å². The quantitative estimate of drug-likeness (QED) is 0.759. The molecular formula is C13H23N3O2. The van der Waals surface area contributed by atoms with Crippen molar-refractivity contribution in [2.45, 2.75) is 51.9 Å². The Morgan fingerprint density at radius 3 is 3.00 bits per heavy atom. The third-order valence-corrected chi connectivity index (χ3v) is 3.30. The van der Waals surface area contributed by atoms with E-state index >= 15 is 0 Å². The van der Waals surface area contributed by atoms with Crippen LogP contribution in [-0.4, -0.2) is 42.5 Å². The topological polar surface area (TPSA) is 46.4 Å². The minimum Gasteiger partial charge on any atom is -0.379 e. The van der Waals surface area contributed by atoms with Gasteiger partial charge < -0.3 is 9.47 Å². The molecule has 0 aromatic rings. The van der Waals surface area contributed by atoms with E-state index in [1.165, 1.54) is 0 Å². The molecule has 0 radical (unpaired) electrons. The molecule has 18 heavy (non-hydrogen) atoms. The van der Waals surface area contributed by atoms with Gasteiger partial charge in [-0.3, -0.25) is 5.01 Å². The molecule has 2 rings (SSSR count). The summed E-state index contributed by atoms with van der Waals surface area (Å²) in [5.74, 6) is 0. The van der Waals surface area contributed by atoms with Gasteiger partial charge in [-0.1, -0.05) is 5.22 Å². The Morgan fingerprint density at radius 2 is 2.28 bits per heavy atom. The minimum absolute atomic E-state index is 0.0516. The van der Waals surface area contributed by atoms with Crippen LogP contribution in [0.25, 0.3) is 0 Å². The Bertz CT molecular complexity index is 352. The number of rotatable bonds is 2. The van der Waals surface area contributed by atoms with Gasteiger partial charge in [0.05, 0.1) is 30.5 Å². The molecule has 1 fully saturated rings. The molecule has 0 aliphatic carbocycles. The summed E-state index contributed by atoms with van der Waals surface area (Å²) < 4.78 is 11.7. The van der Waals surface area contributed by atoms with Gasteiger partial charge >= 0.3 is 0 Å². The van der Waals surface area contributed by atoms with Crippen LogP contribution in [0.1, 0.15) is 34.1 Å². The van der Waals surface area contributed by atoms with Gasteiger partial charge in [0.1, 0.15) is 6.10 Å². The summed E-state index contributed by atoms with van der Waals surface area (Å²) in [6, 6.07) is 0.262. The van der Waals surface area contributed by atoms with Crippen molar-refractivity contribution in [1.29, 1.82) is 0 Å². The van der Waals surface area contributed by atoms with Crippen molar-refractivity contribution in [3.63, 3.8) is 0 Å². The minimum atomic E-state index is -0.122. The van der Waals surface area contributed by atoms with E-state index in [2.05, 4.69) is 37.2 Å². The maximum absolute atomic E-state index is 6.09. The van der Waals surface area contributed by atoms with Crippen molar-refractivity contribution in [2.24, 2.45) is 10.3 Å². The third kappa shape index (κ3) is 3.53. The van der Waals surface area contributed by atoms with Gasteiger partial charge in [-0.05, 0) is 40.2 Å². The molecule has 2 aliphatic heterocycles. The van der Waals surface area contributed by atoms with E-state index < -0.39 is 0 Å². The fraction of sp³-hybridized carbons (Fsp3) is 0.846. The Morgan fingerprint density at radius 1 is 1.50 bits per heavy atom. The number of ether oxygens (including phenoxy) is 2. The van der Waals surface area contributed by atoms with Crippen LogP contribution in [0.5, 0.6) is 0 Å². The lowest BCUT2D eigenvalue weighted by atomic mass is 10.1. The summed E-state index contributed by atoms with van der Waals surface area (Å²) >= 11 is 0. The van der Waals surface area contributed by atoms with Crippen LogP contribution in [0.15, 0.2) is 22.1 Å². The predicted molar refractivity (Wildman–Crippen MR) is 69.2 cm³/mol. The monoisotopic (exact) mass is 253 g/mol. The zero-order valence-electron chi connectivity index (χ0n) is 11.7. The van der Waals surface area contributed by atoms with Crippen LogP contribution in [0.4, 0.5) is 0 Å². The Balaban J connectivity index is 1.95. The smallest absolute Gasteiger partial charge is 0.101 e.